The molecule has 0 aromatic carbocycles. The van der Waals surface area contributed by atoms with E-state index in [9.17, 15) is 9.59 Å². The highest BCUT2D eigenvalue weighted by molar-refractivity contribution is 7.17. The van der Waals surface area contributed by atoms with Gasteiger partial charge in [0.25, 0.3) is 5.91 Å². The molecule has 100 valence electrons. The monoisotopic (exact) mass is 271 g/mol. The van der Waals surface area contributed by atoms with Crippen molar-refractivity contribution in [2.24, 2.45) is 0 Å². The average molecular weight is 271 g/mol. The highest BCUT2D eigenvalue weighted by Gasteiger charge is 2.19. The first-order valence-electron chi connectivity index (χ1n) is 5.69. The van der Waals surface area contributed by atoms with Crippen LogP contribution in [0.4, 0.5) is 5.13 Å². The summed E-state index contributed by atoms with van der Waals surface area (Å²) in [7, 11) is 0. The van der Waals surface area contributed by atoms with E-state index in [0.29, 0.717) is 22.1 Å². The number of nitrogens with zero attached hydrogens (tertiary/aromatic N) is 1. The number of aryl methyl sites for hydroxylation is 1. The Hall–Kier alpha value is -1.63. The number of anilines is 1. The molecule has 0 aliphatic heterocycles. The van der Waals surface area contributed by atoms with Crippen LogP contribution in [0.15, 0.2) is 0 Å². The molecule has 0 fully saturated rings. The van der Waals surface area contributed by atoms with Gasteiger partial charge in [-0.15, -0.1) is 0 Å². The Morgan fingerprint density at radius 1 is 1.56 bits per heavy atom. The minimum Gasteiger partial charge on any atom is -0.481 e. The zero-order chi connectivity index (χ0) is 13.7. The van der Waals surface area contributed by atoms with Gasteiger partial charge >= 0.3 is 5.97 Å². The predicted molar refractivity (Wildman–Crippen MR) is 69.7 cm³/mol. The van der Waals surface area contributed by atoms with Gasteiger partial charge in [-0.1, -0.05) is 24.7 Å². The summed E-state index contributed by atoms with van der Waals surface area (Å²) in [5.41, 5.74) is 6.09. The third-order valence-electron chi connectivity index (χ3n) is 2.41. The van der Waals surface area contributed by atoms with Crippen LogP contribution in [0.5, 0.6) is 0 Å². The third-order valence-corrected chi connectivity index (χ3v) is 3.40. The third kappa shape index (κ3) is 3.99. The molecule has 1 aromatic rings. The lowest BCUT2D eigenvalue weighted by molar-refractivity contribution is -0.137. The highest BCUT2D eigenvalue weighted by atomic mass is 32.1. The van der Waals surface area contributed by atoms with Crippen molar-refractivity contribution in [3.63, 3.8) is 0 Å². The van der Waals surface area contributed by atoms with Gasteiger partial charge in [0.05, 0.1) is 12.1 Å². The summed E-state index contributed by atoms with van der Waals surface area (Å²) in [6.45, 7) is 3.64. The molecule has 0 aliphatic rings. The molecule has 6 nitrogen and oxygen atoms in total. The van der Waals surface area contributed by atoms with Gasteiger partial charge < -0.3 is 16.2 Å². The van der Waals surface area contributed by atoms with Crippen LogP contribution in [0.1, 0.15) is 41.6 Å². The van der Waals surface area contributed by atoms with Crippen molar-refractivity contribution in [2.45, 2.75) is 39.2 Å². The molecule has 7 heteroatoms. The van der Waals surface area contributed by atoms with Crippen LogP contribution in [0.25, 0.3) is 0 Å². The summed E-state index contributed by atoms with van der Waals surface area (Å²) in [4.78, 5) is 27.1. The highest BCUT2D eigenvalue weighted by Crippen LogP contribution is 2.19. The Labute approximate surface area is 109 Å². The molecule has 1 atom stereocenters. The number of nitrogen functional groups attached to an aromatic ring is 1. The van der Waals surface area contributed by atoms with Crippen molar-refractivity contribution >= 4 is 28.3 Å². The molecule has 18 heavy (non-hydrogen) atoms. The minimum absolute atomic E-state index is 0.0765. The number of nitrogens with two attached hydrogens (primary N) is 1. The molecule has 0 aliphatic carbocycles. The normalized spacial score (nSPS) is 12.1. The van der Waals surface area contributed by atoms with Crippen molar-refractivity contribution in [2.75, 3.05) is 5.73 Å². The minimum atomic E-state index is -0.922. The second-order valence-corrected chi connectivity index (χ2v) is 5.05. The quantitative estimate of drug-likeness (QED) is 0.725. The van der Waals surface area contributed by atoms with E-state index in [4.69, 9.17) is 10.8 Å². The molecule has 0 radical (unpaired) electrons. The van der Waals surface area contributed by atoms with Crippen LogP contribution in [-0.2, 0) is 4.79 Å². The first-order valence-corrected chi connectivity index (χ1v) is 6.51. The van der Waals surface area contributed by atoms with Crippen molar-refractivity contribution in [1.82, 2.24) is 10.3 Å². The van der Waals surface area contributed by atoms with E-state index < -0.39 is 5.97 Å². The molecular weight excluding hydrogens is 254 g/mol. The largest absolute Gasteiger partial charge is 0.481 e. The summed E-state index contributed by atoms with van der Waals surface area (Å²) < 4.78 is 0. The summed E-state index contributed by atoms with van der Waals surface area (Å²) >= 11 is 1.11. The molecule has 0 saturated carbocycles. The molecule has 1 aromatic heterocycles. The van der Waals surface area contributed by atoms with E-state index in [0.717, 1.165) is 17.8 Å². The smallest absolute Gasteiger partial charge is 0.305 e. The van der Waals surface area contributed by atoms with Crippen molar-refractivity contribution in [3.8, 4) is 0 Å². The Morgan fingerprint density at radius 2 is 2.22 bits per heavy atom. The Balaban J connectivity index is 2.71. The Bertz CT molecular complexity index is 445. The topological polar surface area (TPSA) is 105 Å². The molecule has 0 saturated heterocycles. The number of aliphatic carboxylic acids is 1. The second kappa shape index (κ2) is 6.34. The average Bonchev–Trinajstić information content (AvgIpc) is 2.57. The Kier molecular flexibility index (Phi) is 5.08. The number of carbonyl (C=O) groups excluding carboxylic acids is 1. The molecule has 0 bridgehead atoms. The number of hydrogen-bond acceptors (Lipinski definition) is 5. The van der Waals surface area contributed by atoms with Crippen molar-refractivity contribution in [3.05, 3.63) is 10.6 Å². The maximum atomic E-state index is 12.0. The van der Waals surface area contributed by atoms with Gasteiger partial charge in [0.2, 0.25) is 0 Å². The zero-order valence-electron chi connectivity index (χ0n) is 10.4. The number of nitrogens with one attached hydrogen (secondary N) is 1. The van der Waals surface area contributed by atoms with E-state index in [1.165, 1.54) is 0 Å². The van der Waals surface area contributed by atoms with Crippen molar-refractivity contribution < 1.29 is 14.7 Å². The van der Waals surface area contributed by atoms with Gasteiger partial charge in [0, 0.05) is 6.04 Å². The van der Waals surface area contributed by atoms with E-state index in [1.54, 1.807) is 6.92 Å². The maximum absolute atomic E-state index is 12.0. The van der Waals surface area contributed by atoms with Gasteiger partial charge in [0.15, 0.2) is 5.13 Å². The van der Waals surface area contributed by atoms with Crippen LogP contribution in [0.2, 0.25) is 0 Å². The first kappa shape index (κ1) is 14.4. The fourth-order valence-corrected chi connectivity index (χ4v) is 2.40. The summed E-state index contributed by atoms with van der Waals surface area (Å²) in [5.74, 6) is -1.23. The standard InChI is InChI=1S/C11H17N3O3S/c1-3-4-7(5-8(15)16)14-10(17)9-6(2)13-11(12)18-9/h7H,3-5H2,1-2H3,(H2,12,13)(H,14,17)(H,15,16). The van der Waals surface area contributed by atoms with Gasteiger partial charge in [0.1, 0.15) is 4.88 Å². The van der Waals surface area contributed by atoms with Crippen LogP contribution in [0, 0.1) is 6.92 Å². The molecule has 1 rings (SSSR count). The Morgan fingerprint density at radius 3 is 2.67 bits per heavy atom. The lowest BCUT2D eigenvalue weighted by Gasteiger charge is -2.15. The van der Waals surface area contributed by atoms with Crippen LogP contribution < -0.4 is 11.1 Å². The summed E-state index contributed by atoms with van der Waals surface area (Å²) in [6, 6.07) is -0.359. The lowest BCUT2D eigenvalue weighted by Crippen LogP contribution is -2.36. The van der Waals surface area contributed by atoms with Crippen molar-refractivity contribution in [1.29, 1.82) is 0 Å². The number of amides is 1. The van der Waals surface area contributed by atoms with Gasteiger partial charge in [-0.25, -0.2) is 4.98 Å². The molecule has 4 N–H and O–H groups in total. The molecule has 1 amide bonds. The molecule has 0 spiro atoms. The number of thiazole rings is 1. The second-order valence-electron chi connectivity index (χ2n) is 4.02. The number of aromatic nitrogens is 1. The number of carbonyl (C=O) groups is 2. The SMILES string of the molecule is CCCC(CC(=O)O)NC(=O)c1sc(N)nc1C. The summed E-state index contributed by atoms with van der Waals surface area (Å²) in [6.07, 6.45) is 1.36. The molecule has 1 unspecified atom stereocenters. The number of hydrogen-bond donors (Lipinski definition) is 3. The number of rotatable bonds is 6. The predicted octanol–water partition coefficient (Wildman–Crippen LogP) is 1.41. The van der Waals surface area contributed by atoms with Gasteiger partial charge in [-0.2, -0.15) is 0 Å². The fraction of sp³-hybridized carbons (Fsp3) is 0.545. The zero-order valence-corrected chi connectivity index (χ0v) is 11.2. The van der Waals surface area contributed by atoms with Gasteiger partial charge in [-0.05, 0) is 13.3 Å². The molecule has 1 heterocycles. The fourth-order valence-electron chi connectivity index (χ4n) is 1.66. The first-order chi connectivity index (χ1) is 8.43. The molecular formula is C11H17N3O3S. The summed E-state index contributed by atoms with van der Waals surface area (Å²) in [5, 5.41) is 11.8. The maximum Gasteiger partial charge on any atom is 0.305 e. The van der Waals surface area contributed by atoms with Gasteiger partial charge in [-0.3, -0.25) is 9.59 Å². The van der Waals surface area contributed by atoms with E-state index in [2.05, 4.69) is 10.3 Å². The van der Waals surface area contributed by atoms with E-state index in [-0.39, 0.29) is 18.4 Å². The van der Waals surface area contributed by atoms with E-state index >= 15 is 0 Å². The van der Waals surface area contributed by atoms with Crippen LogP contribution in [0.3, 0.4) is 0 Å². The van der Waals surface area contributed by atoms with Crippen LogP contribution >= 0.6 is 11.3 Å². The van der Waals surface area contributed by atoms with Crippen LogP contribution in [-0.4, -0.2) is 28.0 Å². The lowest BCUT2D eigenvalue weighted by atomic mass is 10.1. The number of carboxylic acid groups (broad SMARTS) is 1. The number of carboxylic acids is 1. The van der Waals surface area contributed by atoms with E-state index in [1.807, 2.05) is 6.92 Å².